The van der Waals surface area contributed by atoms with E-state index >= 15 is 0 Å². The number of para-hydroxylation sites is 2. The van der Waals surface area contributed by atoms with E-state index in [9.17, 15) is 19.2 Å². The molecule has 1 aliphatic rings. The van der Waals surface area contributed by atoms with Crippen molar-refractivity contribution in [3.63, 3.8) is 0 Å². The molecular weight excluding hydrogens is 562 g/mol. The van der Waals surface area contributed by atoms with Crippen LogP contribution in [0.2, 0.25) is 0 Å². The molecule has 3 aromatic carbocycles. The maximum atomic E-state index is 13.0. The second kappa shape index (κ2) is 15.7. The van der Waals surface area contributed by atoms with Crippen LogP contribution >= 0.6 is 0 Å². The van der Waals surface area contributed by atoms with Gasteiger partial charge in [0.05, 0.1) is 31.5 Å². The van der Waals surface area contributed by atoms with Crippen molar-refractivity contribution in [2.45, 2.75) is 47.1 Å². The van der Waals surface area contributed by atoms with Crippen molar-refractivity contribution in [3.8, 4) is 0 Å². The smallest absolute Gasteiger partial charge is 0.429 e. The normalized spacial score (nSPS) is 12.9. The number of ether oxygens (including phenoxy) is 3. The molecular formula is C34H41N3O7. The van der Waals surface area contributed by atoms with Gasteiger partial charge in [0, 0.05) is 7.11 Å². The number of esters is 1. The Balaban J connectivity index is 0.000000244. The van der Waals surface area contributed by atoms with Gasteiger partial charge in [-0.25, -0.2) is 19.6 Å². The monoisotopic (exact) mass is 603 g/mol. The maximum absolute atomic E-state index is 13.0. The Hall–Kier alpha value is -4.70. The van der Waals surface area contributed by atoms with Crippen LogP contribution in [0.25, 0.3) is 0 Å². The molecule has 10 nitrogen and oxygen atoms in total. The predicted molar refractivity (Wildman–Crippen MR) is 168 cm³/mol. The van der Waals surface area contributed by atoms with E-state index in [1.807, 2.05) is 94.4 Å². The molecule has 1 fully saturated rings. The van der Waals surface area contributed by atoms with E-state index < -0.39 is 18.1 Å². The van der Waals surface area contributed by atoms with E-state index in [0.717, 1.165) is 33.5 Å². The fraction of sp³-hybridized carbons (Fsp3) is 0.353. The summed E-state index contributed by atoms with van der Waals surface area (Å²) in [6.45, 7) is 9.90. The Morgan fingerprint density at radius 2 is 1.36 bits per heavy atom. The molecule has 0 aliphatic carbocycles. The van der Waals surface area contributed by atoms with E-state index in [0.29, 0.717) is 12.2 Å². The second-order valence-electron chi connectivity index (χ2n) is 10.5. The molecule has 1 heterocycles. The number of methoxy groups -OCH3 is 2. The minimum absolute atomic E-state index is 0.0996. The third kappa shape index (κ3) is 8.02. The zero-order valence-electron chi connectivity index (χ0n) is 26.5. The SMILES string of the molecule is COC(=O)C(C)N(C(=O)Cc1ccccc1)c1c(C)cccc1C.COCC(=O)N(c1c(C)cccc1C)N1CCOC1=O. The summed E-state index contributed by atoms with van der Waals surface area (Å²) < 4.78 is 14.7. The van der Waals surface area contributed by atoms with Gasteiger partial charge in [0.15, 0.2) is 0 Å². The summed E-state index contributed by atoms with van der Waals surface area (Å²) in [5.74, 6) is -0.862. The van der Waals surface area contributed by atoms with Crippen LogP contribution in [0, 0.1) is 27.7 Å². The number of hydrogen-bond acceptors (Lipinski definition) is 7. The first-order valence-corrected chi connectivity index (χ1v) is 14.3. The summed E-state index contributed by atoms with van der Waals surface area (Å²) in [4.78, 5) is 50.8. The van der Waals surface area contributed by atoms with Crippen molar-refractivity contribution in [1.82, 2.24) is 5.01 Å². The standard InChI is InChI=1S/C20H23NO3.C14H18N2O4/c1-14-9-8-10-15(2)19(14)21(16(3)20(23)24-4)18(22)13-17-11-6-5-7-12-17;1-10-5-4-6-11(2)13(10)16(12(17)9-19-3)15-7-8-20-14(15)18/h5-12,16H,13H2,1-4H3;4-6H,7-9H2,1-3H3. The summed E-state index contributed by atoms with van der Waals surface area (Å²) in [5.41, 5.74) is 6.11. The molecule has 1 saturated heterocycles. The lowest BCUT2D eigenvalue weighted by Crippen LogP contribution is -2.49. The number of carbonyl (C=O) groups excluding carboxylic acids is 4. The molecule has 0 aromatic heterocycles. The van der Waals surface area contributed by atoms with Crippen molar-refractivity contribution in [2.75, 3.05) is 43.9 Å². The van der Waals surface area contributed by atoms with Gasteiger partial charge in [-0.2, -0.15) is 0 Å². The number of amides is 3. The van der Waals surface area contributed by atoms with Gasteiger partial charge in [0.2, 0.25) is 5.91 Å². The predicted octanol–water partition coefficient (Wildman–Crippen LogP) is 5.09. The van der Waals surface area contributed by atoms with Crippen LogP contribution in [-0.2, 0) is 35.0 Å². The fourth-order valence-corrected chi connectivity index (χ4v) is 5.12. The average Bonchev–Trinajstić information content (AvgIpc) is 3.42. The van der Waals surface area contributed by atoms with Crippen LogP contribution in [0.4, 0.5) is 16.2 Å². The number of aryl methyl sites for hydroxylation is 4. The maximum Gasteiger partial charge on any atom is 0.429 e. The minimum Gasteiger partial charge on any atom is -0.467 e. The molecule has 1 aliphatic heterocycles. The third-order valence-electron chi connectivity index (χ3n) is 7.21. The molecule has 3 aromatic rings. The summed E-state index contributed by atoms with van der Waals surface area (Å²) in [5, 5.41) is 2.68. The minimum atomic E-state index is -0.689. The number of benzene rings is 3. The van der Waals surface area contributed by atoms with Crippen LogP contribution in [0.15, 0.2) is 66.7 Å². The van der Waals surface area contributed by atoms with E-state index in [4.69, 9.17) is 14.2 Å². The molecule has 0 N–H and O–H groups in total. The average molecular weight is 604 g/mol. The first kappa shape index (κ1) is 33.8. The summed E-state index contributed by atoms with van der Waals surface area (Å²) in [7, 11) is 2.78. The largest absolute Gasteiger partial charge is 0.467 e. The highest BCUT2D eigenvalue weighted by Crippen LogP contribution is 2.29. The summed E-state index contributed by atoms with van der Waals surface area (Å²) in [6, 6.07) is 20.4. The zero-order chi connectivity index (χ0) is 32.4. The number of nitrogens with zero attached hydrogens (tertiary/aromatic N) is 3. The lowest BCUT2D eigenvalue weighted by Gasteiger charge is -2.31. The Kier molecular flexibility index (Phi) is 12.0. The molecule has 234 valence electrons. The molecule has 0 spiro atoms. The van der Waals surface area contributed by atoms with Crippen molar-refractivity contribution in [1.29, 1.82) is 0 Å². The van der Waals surface area contributed by atoms with Gasteiger partial charge in [-0.05, 0) is 62.4 Å². The van der Waals surface area contributed by atoms with Crippen LogP contribution in [0.3, 0.4) is 0 Å². The van der Waals surface area contributed by atoms with Crippen molar-refractivity contribution >= 4 is 35.3 Å². The van der Waals surface area contributed by atoms with E-state index in [1.165, 1.54) is 24.2 Å². The second-order valence-corrected chi connectivity index (χ2v) is 10.5. The molecule has 0 saturated carbocycles. The van der Waals surface area contributed by atoms with Gasteiger partial charge >= 0.3 is 12.1 Å². The van der Waals surface area contributed by atoms with Gasteiger partial charge < -0.3 is 14.2 Å². The summed E-state index contributed by atoms with van der Waals surface area (Å²) >= 11 is 0. The van der Waals surface area contributed by atoms with Gasteiger partial charge in [0.1, 0.15) is 19.3 Å². The molecule has 3 amide bonds. The fourth-order valence-electron chi connectivity index (χ4n) is 5.12. The zero-order valence-corrected chi connectivity index (χ0v) is 26.5. The lowest BCUT2D eigenvalue weighted by atomic mass is 10.0. The Labute approximate surface area is 259 Å². The Bertz CT molecular complexity index is 1430. The van der Waals surface area contributed by atoms with E-state index in [1.54, 1.807) is 11.8 Å². The van der Waals surface area contributed by atoms with Crippen LogP contribution in [-0.4, -0.2) is 68.9 Å². The first-order chi connectivity index (χ1) is 21.0. The lowest BCUT2D eigenvalue weighted by molar-refractivity contribution is -0.143. The first-order valence-electron chi connectivity index (χ1n) is 14.3. The van der Waals surface area contributed by atoms with Crippen LogP contribution in [0.5, 0.6) is 0 Å². The quantitative estimate of drug-likeness (QED) is 0.314. The molecule has 0 radical (unpaired) electrons. The molecule has 10 heteroatoms. The van der Waals surface area contributed by atoms with E-state index in [-0.39, 0.29) is 31.4 Å². The molecule has 44 heavy (non-hydrogen) atoms. The molecule has 1 unspecified atom stereocenters. The van der Waals surface area contributed by atoms with Gasteiger partial charge in [-0.15, -0.1) is 0 Å². The molecule has 1 atom stereocenters. The highest BCUT2D eigenvalue weighted by Gasteiger charge is 2.34. The number of hydrazine groups is 1. The number of rotatable bonds is 9. The number of cyclic esters (lactones) is 1. The van der Waals surface area contributed by atoms with Crippen molar-refractivity contribution < 1.29 is 33.4 Å². The van der Waals surface area contributed by atoms with Crippen LogP contribution < -0.4 is 9.91 Å². The van der Waals surface area contributed by atoms with Gasteiger partial charge in [-0.3, -0.25) is 14.5 Å². The van der Waals surface area contributed by atoms with Crippen molar-refractivity contribution in [2.24, 2.45) is 0 Å². The van der Waals surface area contributed by atoms with Crippen LogP contribution in [0.1, 0.15) is 34.7 Å². The topological polar surface area (TPSA) is 106 Å². The highest BCUT2D eigenvalue weighted by molar-refractivity contribution is 6.01. The van der Waals surface area contributed by atoms with E-state index in [2.05, 4.69) is 0 Å². The molecule has 4 rings (SSSR count). The Morgan fingerprint density at radius 1 is 0.818 bits per heavy atom. The van der Waals surface area contributed by atoms with Gasteiger partial charge in [-0.1, -0.05) is 66.7 Å². The Morgan fingerprint density at radius 3 is 1.84 bits per heavy atom. The number of carbonyl (C=O) groups is 4. The molecule has 0 bridgehead atoms. The summed E-state index contributed by atoms with van der Waals surface area (Å²) in [6.07, 6.45) is -0.284. The van der Waals surface area contributed by atoms with Crippen molar-refractivity contribution in [3.05, 3.63) is 94.5 Å². The highest BCUT2D eigenvalue weighted by atomic mass is 16.6. The number of hydrogen-bond donors (Lipinski definition) is 0. The van der Waals surface area contributed by atoms with Gasteiger partial charge in [0.25, 0.3) is 5.91 Å². The number of anilines is 2. The third-order valence-corrected chi connectivity index (χ3v) is 7.21.